The van der Waals surface area contributed by atoms with E-state index in [1.54, 1.807) is 0 Å². The van der Waals surface area contributed by atoms with Crippen LogP contribution in [0.3, 0.4) is 0 Å². The van der Waals surface area contributed by atoms with Gasteiger partial charge in [-0.05, 0) is 12.8 Å². The van der Waals surface area contributed by atoms with Gasteiger partial charge in [0.05, 0.1) is 5.92 Å². The van der Waals surface area contributed by atoms with Gasteiger partial charge >= 0.3 is 30.4 Å². The van der Waals surface area contributed by atoms with Crippen LogP contribution in [0, 0.1) is 5.92 Å². The molecular formula is C9H21O2Sb. The first kappa shape index (κ1) is 14.8. The molecule has 3 heteroatoms. The zero-order valence-electron chi connectivity index (χ0n) is 8.18. The van der Waals surface area contributed by atoms with Gasteiger partial charge in [0, 0.05) is 0 Å². The van der Waals surface area contributed by atoms with Crippen LogP contribution in [-0.2, 0) is 4.79 Å². The molecule has 1 unspecified atom stereocenters. The third-order valence-corrected chi connectivity index (χ3v) is 1.89. The van der Waals surface area contributed by atoms with Crippen LogP contribution in [0.4, 0.5) is 0 Å². The summed E-state index contributed by atoms with van der Waals surface area (Å²) in [6.07, 6.45) is 4.78. The summed E-state index contributed by atoms with van der Waals surface area (Å²) in [5.41, 5.74) is 0. The molecule has 0 spiro atoms. The molecule has 0 aliphatic carbocycles. The molecular weight excluding hydrogens is 262 g/mol. The minimum absolute atomic E-state index is 0. The standard InChI is InChI=1S/C9H18O2.Sb.3H/c1-3-5-7-8(6-4-2)9(10)11;;;;/h8H,3-7H2,1-2H3,(H,10,11);;;;. The average Bonchev–Trinajstić information content (AvgIpc) is 1.97. The van der Waals surface area contributed by atoms with Crippen LogP contribution in [0.25, 0.3) is 0 Å². The topological polar surface area (TPSA) is 37.3 Å². The van der Waals surface area contributed by atoms with Gasteiger partial charge in [0.2, 0.25) is 0 Å². The Morgan fingerprint density at radius 3 is 2.17 bits per heavy atom. The fraction of sp³-hybridized carbons (Fsp3) is 0.889. The molecule has 0 bridgehead atoms. The van der Waals surface area contributed by atoms with Crippen molar-refractivity contribution in [3.05, 3.63) is 0 Å². The van der Waals surface area contributed by atoms with Crippen molar-refractivity contribution in [1.82, 2.24) is 0 Å². The summed E-state index contributed by atoms with van der Waals surface area (Å²) in [7, 11) is 0. The third kappa shape index (κ3) is 6.97. The van der Waals surface area contributed by atoms with Gasteiger partial charge in [-0.3, -0.25) is 4.79 Å². The van der Waals surface area contributed by atoms with Crippen molar-refractivity contribution in [2.75, 3.05) is 0 Å². The molecule has 0 saturated carbocycles. The SMILES string of the molecule is CCCCC(CCC)C(=O)O.[SbH3]. The van der Waals surface area contributed by atoms with E-state index in [2.05, 4.69) is 6.92 Å². The van der Waals surface area contributed by atoms with Crippen LogP contribution >= 0.6 is 0 Å². The molecule has 0 radical (unpaired) electrons. The van der Waals surface area contributed by atoms with E-state index < -0.39 is 5.97 Å². The predicted octanol–water partition coefficient (Wildman–Crippen LogP) is 1.49. The van der Waals surface area contributed by atoms with Crippen molar-refractivity contribution in [1.29, 1.82) is 0 Å². The second kappa shape index (κ2) is 9.38. The van der Waals surface area contributed by atoms with E-state index in [0.717, 1.165) is 32.1 Å². The molecule has 0 heterocycles. The van der Waals surface area contributed by atoms with Crippen molar-refractivity contribution in [3.63, 3.8) is 0 Å². The zero-order chi connectivity index (χ0) is 8.69. The molecule has 0 aromatic carbocycles. The number of aliphatic carboxylic acids is 1. The van der Waals surface area contributed by atoms with E-state index in [0.29, 0.717) is 0 Å². The van der Waals surface area contributed by atoms with E-state index in [1.807, 2.05) is 6.92 Å². The number of unbranched alkanes of at least 4 members (excludes halogenated alkanes) is 1. The first-order valence-corrected chi connectivity index (χ1v) is 4.45. The number of carboxylic acid groups (broad SMARTS) is 1. The Hall–Kier alpha value is 0.288. The second-order valence-electron chi connectivity index (χ2n) is 2.97. The van der Waals surface area contributed by atoms with Gasteiger partial charge in [-0.25, -0.2) is 0 Å². The number of rotatable bonds is 6. The summed E-state index contributed by atoms with van der Waals surface area (Å²) in [6.45, 7) is 4.12. The van der Waals surface area contributed by atoms with E-state index in [-0.39, 0.29) is 30.3 Å². The molecule has 0 aliphatic heterocycles. The molecule has 0 aromatic heterocycles. The van der Waals surface area contributed by atoms with Crippen molar-refractivity contribution < 1.29 is 9.90 Å². The van der Waals surface area contributed by atoms with E-state index in [4.69, 9.17) is 5.11 Å². The molecule has 1 atom stereocenters. The number of carboxylic acids is 1. The van der Waals surface area contributed by atoms with Gasteiger partial charge in [0.25, 0.3) is 0 Å². The maximum atomic E-state index is 10.6. The van der Waals surface area contributed by atoms with Gasteiger partial charge in [-0.1, -0.05) is 33.1 Å². The monoisotopic (exact) mass is 282 g/mol. The zero-order valence-corrected chi connectivity index (χ0v) is 12.2. The summed E-state index contributed by atoms with van der Waals surface area (Å²) >= 11 is 0. The van der Waals surface area contributed by atoms with Crippen molar-refractivity contribution >= 4 is 30.4 Å². The summed E-state index contributed by atoms with van der Waals surface area (Å²) in [5, 5.41) is 8.73. The van der Waals surface area contributed by atoms with E-state index in [1.165, 1.54) is 0 Å². The molecule has 74 valence electrons. The van der Waals surface area contributed by atoms with Gasteiger partial charge < -0.3 is 5.11 Å². The van der Waals surface area contributed by atoms with Gasteiger partial charge in [0.1, 0.15) is 0 Å². The molecule has 1 N–H and O–H groups in total. The Morgan fingerprint density at radius 1 is 1.25 bits per heavy atom. The molecule has 0 rings (SSSR count). The Balaban J connectivity index is 0. The second-order valence-corrected chi connectivity index (χ2v) is 2.97. The molecule has 0 fully saturated rings. The van der Waals surface area contributed by atoms with Gasteiger partial charge in [-0.15, -0.1) is 0 Å². The number of carbonyl (C=O) groups is 1. The third-order valence-electron chi connectivity index (χ3n) is 1.89. The normalized spacial score (nSPS) is 11.8. The van der Waals surface area contributed by atoms with Crippen LogP contribution in [0.2, 0.25) is 0 Å². The molecule has 0 saturated heterocycles. The molecule has 2 nitrogen and oxygen atoms in total. The molecule has 0 amide bonds. The fourth-order valence-corrected chi connectivity index (χ4v) is 1.19. The number of hydrogen-bond donors (Lipinski definition) is 1. The van der Waals surface area contributed by atoms with Crippen molar-refractivity contribution in [2.45, 2.75) is 46.0 Å². The average molecular weight is 283 g/mol. The quantitative estimate of drug-likeness (QED) is 0.750. The summed E-state index contributed by atoms with van der Waals surface area (Å²) in [6, 6.07) is 0. The van der Waals surface area contributed by atoms with Crippen LogP contribution in [-0.4, -0.2) is 35.5 Å². The first-order valence-electron chi connectivity index (χ1n) is 4.45. The first-order chi connectivity index (χ1) is 5.22. The molecule has 0 aromatic rings. The Bertz CT molecular complexity index is 115. The van der Waals surface area contributed by atoms with Crippen LogP contribution in [0.5, 0.6) is 0 Å². The molecule has 0 aliphatic rings. The van der Waals surface area contributed by atoms with E-state index in [9.17, 15) is 4.79 Å². The van der Waals surface area contributed by atoms with Gasteiger partial charge in [-0.2, -0.15) is 0 Å². The van der Waals surface area contributed by atoms with E-state index >= 15 is 0 Å². The molecule has 12 heavy (non-hydrogen) atoms. The Morgan fingerprint density at radius 2 is 1.83 bits per heavy atom. The van der Waals surface area contributed by atoms with Crippen LogP contribution in [0.15, 0.2) is 0 Å². The van der Waals surface area contributed by atoms with Gasteiger partial charge in [0.15, 0.2) is 0 Å². The summed E-state index contributed by atoms with van der Waals surface area (Å²) in [5.74, 6) is -0.722. The van der Waals surface area contributed by atoms with Crippen molar-refractivity contribution in [3.8, 4) is 0 Å². The van der Waals surface area contributed by atoms with Crippen LogP contribution < -0.4 is 0 Å². The minimum atomic E-state index is -0.625. The summed E-state index contributed by atoms with van der Waals surface area (Å²) in [4.78, 5) is 10.6. The van der Waals surface area contributed by atoms with Crippen LogP contribution in [0.1, 0.15) is 46.0 Å². The number of hydrogen-bond acceptors (Lipinski definition) is 1. The Labute approximate surface area is 92.2 Å². The Kier molecular flexibility index (Phi) is 11.6. The predicted molar refractivity (Wildman–Crippen MR) is 55.5 cm³/mol. The summed E-state index contributed by atoms with van der Waals surface area (Å²) < 4.78 is 0. The fourth-order valence-electron chi connectivity index (χ4n) is 1.19. The van der Waals surface area contributed by atoms with Crippen molar-refractivity contribution in [2.24, 2.45) is 5.92 Å². The maximum absolute atomic E-state index is 10.6.